The molecule has 2 aromatic carbocycles. The number of rotatable bonds is 9. The van der Waals surface area contributed by atoms with Crippen molar-refractivity contribution in [2.24, 2.45) is 0 Å². The number of nitrogens with one attached hydrogen (secondary N) is 2. The highest BCUT2D eigenvalue weighted by Gasteiger charge is 2.22. The Bertz CT molecular complexity index is 900. The zero-order valence-electron chi connectivity index (χ0n) is 15.5. The quantitative estimate of drug-likeness (QED) is 0.648. The highest BCUT2D eigenvalue weighted by molar-refractivity contribution is 7.90. The van der Waals surface area contributed by atoms with E-state index in [2.05, 4.69) is 10.6 Å². The zero-order valence-corrected chi connectivity index (χ0v) is 17.1. The molecular weight excluding hydrogens is 400 g/mol. The predicted molar refractivity (Wildman–Crippen MR) is 110 cm³/mol. The van der Waals surface area contributed by atoms with Gasteiger partial charge >= 0.3 is 0 Å². The van der Waals surface area contributed by atoms with Crippen molar-refractivity contribution in [3.05, 3.63) is 70.7 Å². The van der Waals surface area contributed by atoms with E-state index in [1.807, 2.05) is 12.1 Å². The molecule has 0 saturated heterocycles. The fourth-order valence-corrected chi connectivity index (χ4v) is 3.33. The van der Waals surface area contributed by atoms with Gasteiger partial charge in [0.2, 0.25) is 5.91 Å². The Morgan fingerprint density at radius 1 is 1.04 bits per heavy atom. The minimum absolute atomic E-state index is 0.00415. The van der Waals surface area contributed by atoms with Crippen molar-refractivity contribution < 1.29 is 18.0 Å². The SMILES string of the molecule is CS(=O)(=O)CC[C@@H](NC(=O)c1ccccc1)C(=O)NCCc1ccc(Cl)cc1. The number of halogens is 1. The summed E-state index contributed by atoms with van der Waals surface area (Å²) in [6.07, 6.45) is 1.69. The summed E-state index contributed by atoms with van der Waals surface area (Å²) in [4.78, 5) is 24.9. The van der Waals surface area contributed by atoms with Gasteiger partial charge in [0.25, 0.3) is 5.91 Å². The topological polar surface area (TPSA) is 92.3 Å². The fraction of sp³-hybridized carbons (Fsp3) is 0.300. The summed E-state index contributed by atoms with van der Waals surface area (Å²) in [5, 5.41) is 6.02. The number of sulfone groups is 1. The van der Waals surface area contributed by atoms with Crippen LogP contribution in [0.5, 0.6) is 0 Å². The van der Waals surface area contributed by atoms with Gasteiger partial charge in [-0.1, -0.05) is 41.9 Å². The van der Waals surface area contributed by atoms with Crippen molar-refractivity contribution in [1.29, 1.82) is 0 Å². The largest absolute Gasteiger partial charge is 0.354 e. The van der Waals surface area contributed by atoms with Gasteiger partial charge in [0.1, 0.15) is 15.9 Å². The van der Waals surface area contributed by atoms with E-state index in [9.17, 15) is 18.0 Å². The first-order valence-electron chi connectivity index (χ1n) is 8.80. The maximum atomic E-state index is 12.5. The van der Waals surface area contributed by atoms with Gasteiger partial charge in [-0.25, -0.2) is 8.42 Å². The van der Waals surface area contributed by atoms with Gasteiger partial charge in [0.05, 0.1) is 5.75 Å². The Morgan fingerprint density at radius 2 is 1.68 bits per heavy atom. The second kappa shape index (κ2) is 10.2. The zero-order chi connectivity index (χ0) is 20.6. The first-order chi connectivity index (χ1) is 13.2. The summed E-state index contributed by atoms with van der Waals surface area (Å²) < 4.78 is 23.0. The summed E-state index contributed by atoms with van der Waals surface area (Å²) in [5.41, 5.74) is 1.41. The Morgan fingerprint density at radius 3 is 2.29 bits per heavy atom. The highest BCUT2D eigenvalue weighted by Crippen LogP contribution is 2.09. The van der Waals surface area contributed by atoms with Crippen molar-refractivity contribution in [1.82, 2.24) is 10.6 Å². The predicted octanol–water partition coefficient (Wildman–Crippen LogP) is 2.23. The third-order valence-corrected chi connectivity index (χ3v) is 5.29. The Labute approximate surface area is 170 Å². The maximum Gasteiger partial charge on any atom is 0.251 e. The summed E-state index contributed by atoms with van der Waals surface area (Å²) >= 11 is 5.85. The number of hydrogen-bond acceptors (Lipinski definition) is 4. The molecule has 0 spiro atoms. The maximum absolute atomic E-state index is 12.5. The van der Waals surface area contributed by atoms with Crippen LogP contribution < -0.4 is 10.6 Å². The van der Waals surface area contributed by atoms with E-state index in [1.165, 1.54) is 0 Å². The molecule has 2 amide bonds. The molecule has 1 atom stereocenters. The number of amides is 2. The van der Waals surface area contributed by atoms with Crippen molar-refractivity contribution in [3.8, 4) is 0 Å². The van der Waals surface area contributed by atoms with E-state index >= 15 is 0 Å². The van der Waals surface area contributed by atoms with Gasteiger partial charge in [-0.05, 0) is 42.7 Å². The van der Waals surface area contributed by atoms with Gasteiger partial charge in [-0.15, -0.1) is 0 Å². The fourth-order valence-electron chi connectivity index (χ4n) is 2.54. The van der Waals surface area contributed by atoms with Crippen LogP contribution >= 0.6 is 11.6 Å². The molecule has 2 rings (SSSR count). The Balaban J connectivity index is 1.97. The number of carbonyl (C=O) groups is 2. The summed E-state index contributed by atoms with van der Waals surface area (Å²) in [7, 11) is -3.26. The second-order valence-corrected chi connectivity index (χ2v) is 9.17. The van der Waals surface area contributed by atoms with Crippen LogP contribution in [0.1, 0.15) is 22.3 Å². The number of hydrogen-bond donors (Lipinski definition) is 2. The van der Waals surface area contributed by atoms with E-state index in [1.54, 1.807) is 42.5 Å². The molecule has 0 aliphatic heterocycles. The average molecular weight is 423 g/mol. The lowest BCUT2D eigenvalue weighted by Crippen LogP contribution is -2.48. The van der Waals surface area contributed by atoms with Crippen LogP contribution in [0.2, 0.25) is 5.02 Å². The first-order valence-corrected chi connectivity index (χ1v) is 11.2. The Hall–Kier alpha value is -2.38. The molecule has 0 aliphatic rings. The molecule has 6 nitrogen and oxygen atoms in total. The third-order valence-electron chi connectivity index (χ3n) is 4.06. The molecule has 0 fully saturated rings. The molecule has 28 heavy (non-hydrogen) atoms. The van der Waals surface area contributed by atoms with E-state index in [4.69, 9.17) is 11.6 Å². The molecule has 8 heteroatoms. The van der Waals surface area contributed by atoms with Gasteiger partial charge in [-0.2, -0.15) is 0 Å². The molecule has 0 radical (unpaired) electrons. The standard InChI is InChI=1S/C20H23ClN2O4S/c1-28(26,27)14-12-18(23-19(24)16-5-3-2-4-6-16)20(25)22-13-11-15-7-9-17(21)10-8-15/h2-10,18H,11-14H2,1H3,(H,22,25)(H,23,24)/t18-/m1/s1. The lowest BCUT2D eigenvalue weighted by Gasteiger charge is -2.18. The highest BCUT2D eigenvalue weighted by atomic mass is 35.5. The molecular formula is C20H23ClN2O4S. The van der Waals surface area contributed by atoms with E-state index < -0.39 is 27.7 Å². The van der Waals surface area contributed by atoms with E-state index in [-0.39, 0.29) is 12.2 Å². The van der Waals surface area contributed by atoms with E-state index in [0.717, 1.165) is 11.8 Å². The smallest absolute Gasteiger partial charge is 0.251 e. The van der Waals surface area contributed by atoms with Crippen molar-refractivity contribution in [2.75, 3.05) is 18.6 Å². The van der Waals surface area contributed by atoms with Gasteiger partial charge in [0.15, 0.2) is 0 Å². The van der Waals surface area contributed by atoms with Crippen LogP contribution in [-0.2, 0) is 21.1 Å². The molecule has 0 bridgehead atoms. The van der Waals surface area contributed by atoms with Crippen LogP contribution in [0.4, 0.5) is 0 Å². The number of benzene rings is 2. The summed E-state index contributed by atoms with van der Waals surface area (Å²) in [6, 6.07) is 14.8. The van der Waals surface area contributed by atoms with Crippen molar-refractivity contribution in [2.45, 2.75) is 18.9 Å². The normalized spacial score (nSPS) is 12.2. The molecule has 0 heterocycles. The third kappa shape index (κ3) is 7.70. The second-order valence-electron chi connectivity index (χ2n) is 6.48. The molecule has 0 aromatic heterocycles. The molecule has 150 valence electrons. The van der Waals surface area contributed by atoms with Crippen LogP contribution in [0.25, 0.3) is 0 Å². The van der Waals surface area contributed by atoms with E-state index in [0.29, 0.717) is 23.6 Å². The monoisotopic (exact) mass is 422 g/mol. The minimum atomic E-state index is -3.26. The van der Waals surface area contributed by atoms with Crippen LogP contribution in [0.15, 0.2) is 54.6 Å². The van der Waals surface area contributed by atoms with Gasteiger partial charge in [-0.3, -0.25) is 9.59 Å². The molecule has 0 unspecified atom stereocenters. The van der Waals surface area contributed by atoms with Gasteiger partial charge < -0.3 is 10.6 Å². The molecule has 2 N–H and O–H groups in total. The van der Waals surface area contributed by atoms with Crippen LogP contribution in [0.3, 0.4) is 0 Å². The molecule has 0 aliphatic carbocycles. The molecule has 0 saturated carbocycles. The van der Waals surface area contributed by atoms with Crippen LogP contribution in [0, 0.1) is 0 Å². The van der Waals surface area contributed by atoms with Crippen LogP contribution in [-0.4, -0.2) is 44.8 Å². The Kier molecular flexibility index (Phi) is 8.02. The van der Waals surface area contributed by atoms with Crippen molar-refractivity contribution >= 4 is 33.3 Å². The molecule has 2 aromatic rings. The lowest BCUT2D eigenvalue weighted by atomic mass is 10.1. The van der Waals surface area contributed by atoms with Gasteiger partial charge in [0, 0.05) is 23.4 Å². The number of carbonyl (C=O) groups excluding carboxylic acids is 2. The average Bonchev–Trinajstić information content (AvgIpc) is 2.66. The summed E-state index contributed by atoms with van der Waals surface area (Å²) in [6.45, 7) is 0.358. The first kappa shape index (κ1) is 21.9. The van der Waals surface area contributed by atoms with Crippen molar-refractivity contribution in [3.63, 3.8) is 0 Å². The summed E-state index contributed by atoms with van der Waals surface area (Å²) in [5.74, 6) is -1.04. The lowest BCUT2D eigenvalue weighted by molar-refractivity contribution is -0.122. The minimum Gasteiger partial charge on any atom is -0.354 e.